The Hall–Kier alpha value is -2.59. The number of anilines is 2. The highest BCUT2D eigenvalue weighted by Crippen LogP contribution is 2.45. The van der Waals surface area contributed by atoms with Crippen molar-refractivity contribution in [3.63, 3.8) is 0 Å². The molecule has 1 unspecified atom stereocenters. The van der Waals surface area contributed by atoms with E-state index in [9.17, 15) is 0 Å². The predicted molar refractivity (Wildman–Crippen MR) is 118 cm³/mol. The van der Waals surface area contributed by atoms with Crippen LogP contribution >= 0.6 is 23.0 Å². The van der Waals surface area contributed by atoms with Crippen molar-refractivity contribution < 1.29 is 7.80 Å². The van der Waals surface area contributed by atoms with Gasteiger partial charge in [-0.3, -0.25) is 0 Å². The van der Waals surface area contributed by atoms with Crippen LogP contribution in [0.15, 0.2) is 36.5 Å². The normalized spacial score (nSPS) is 15.9. The van der Waals surface area contributed by atoms with E-state index < -0.39 is 0 Å². The van der Waals surface area contributed by atoms with E-state index in [4.69, 9.17) is 19.3 Å². The van der Waals surface area contributed by atoms with Crippen LogP contribution in [0.3, 0.4) is 0 Å². The molecule has 0 bridgehead atoms. The molecule has 1 atom stereocenters. The Morgan fingerprint density at radius 3 is 2.96 bits per heavy atom. The van der Waals surface area contributed by atoms with Crippen molar-refractivity contribution in [1.82, 2.24) is 14.5 Å². The number of rotatable bonds is 3. The quantitative estimate of drug-likeness (QED) is 0.422. The first-order valence-corrected chi connectivity index (χ1v) is 9.81. The Kier molecular flexibility index (Phi) is 4.06. The lowest BCUT2D eigenvalue weighted by atomic mass is 9.98. The highest BCUT2D eigenvalue weighted by molar-refractivity contribution is 14.1. The number of hydrogen-bond donors (Lipinski definition) is 2. The van der Waals surface area contributed by atoms with Crippen molar-refractivity contribution in [3.8, 4) is 11.4 Å². The second-order valence-corrected chi connectivity index (χ2v) is 7.62. The van der Waals surface area contributed by atoms with Gasteiger partial charge in [0.2, 0.25) is 5.95 Å². The lowest BCUT2D eigenvalue weighted by Crippen LogP contribution is -2.04. The molecule has 0 fully saturated rings. The molecule has 7 nitrogen and oxygen atoms in total. The van der Waals surface area contributed by atoms with Gasteiger partial charge in [0.05, 0.1) is 35.3 Å². The van der Waals surface area contributed by atoms with Crippen LogP contribution in [-0.4, -0.2) is 21.1 Å². The number of nitrogens with zero attached hydrogens (tertiary/aromatic N) is 3. The molecule has 8 heteroatoms. The molecule has 2 aromatic carbocycles. The van der Waals surface area contributed by atoms with E-state index in [0.29, 0.717) is 24.5 Å². The summed E-state index contributed by atoms with van der Waals surface area (Å²) in [4.78, 5) is 8.53. The molecule has 0 aliphatic carbocycles. The SMILES string of the molecule is CC1COc2c1c(-n1ccc3c(COI)cccc31)cc1nc(N)nc(N)c21. The first-order valence-electron chi connectivity index (χ1n) is 8.93. The van der Waals surface area contributed by atoms with Gasteiger partial charge < -0.3 is 23.8 Å². The van der Waals surface area contributed by atoms with E-state index >= 15 is 0 Å². The fraction of sp³-hybridized carbons (Fsp3) is 0.200. The summed E-state index contributed by atoms with van der Waals surface area (Å²) in [6.45, 7) is 3.30. The molecule has 0 spiro atoms. The number of ether oxygens (including phenoxy) is 1. The van der Waals surface area contributed by atoms with E-state index in [1.54, 1.807) is 0 Å². The summed E-state index contributed by atoms with van der Waals surface area (Å²) in [6.07, 6.45) is 2.07. The van der Waals surface area contributed by atoms with Crippen molar-refractivity contribution >= 4 is 56.6 Å². The molecule has 3 heterocycles. The standard InChI is InChI=1S/C20H18IN5O2/c1-10-8-27-18-16(10)15(7-13-17(18)19(22)25-20(23)24-13)26-6-5-12-11(9-28-21)3-2-4-14(12)26/h2-7,10H,8-9H2,1H3,(H4,22,23,24,25). The third kappa shape index (κ3) is 2.51. The third-order valence-electron chi connectivity index (χ3n) is 5.27. The summed E-state index contributed by atoms with van der Waals surface area (Å²) in [6, 6.07) is 10.4. The third-order valence-corrected chi connectivity index (χ3v) is 5.58. The molecule has 28 heavy (non-hydrogen) atoms. The van der Waals surface area contributed by atoms with E-state index in [0.717, 1.165) is 38.9 Å². The highest BCUT2D eigenvalue weighted by atomic mass is 127. The van der Waals surface area contributed by atoms with Gasteiger partial charge in [0.15, 0.2) is 0 Å². The van der Waals surface area contributed by atoms with E-state index in [1.165, 1.54) is 0 Å². The Morgan fingerprint density at radius 1 is 1.29 bits per heavy atom. The second-order valence-electron chi connectivity index (χ2n) is 7.00. The van der Waals surface area contributed by atoms with Gasteiger partial charge in [-0.25, -0.2) is 4.98 Å². The molecule has 0 saturated carbocycles. The van der Waals surface area contributed by atoms with Crippen LogP contribution in [0.1, 0.15) is 24.0 Å². The first kappa shape index (κ1) is 17.5. The highest BCUT2D eigenvalue weighted by Gasteiger charge is 2.29. The molecule has 4 N–H and O–H groups in total. The zero-order chi connectivity index (χ0) is 19.4. The maximum Gasteiger partial charge on any atom is 0.222 e. The van der Waals surface area contributed by atoms with Gasteiger partial charge in [-0.2, -0.15) is 4.98 Å². The molecule has 5 rings (SSSR count). The molecular formula is C20H18IN5O2. The van der Waals surface area contributed by atoms with Gasteiger partial charge in [0.25, 0.3) is 0 Å². The lowest BCUT2D eigenvalue weighted by Gasteiger charge is -2.15. The summed E-state index contributed by atoms with van der Waals surface area (Å²) >= 11 is 1.92. The number of halogens is 1. The van der Waals surface area contributed by atoms with Gasteiger partial charge in [-0.1, -0.05) is 19.1 Å². The summed E-state index contributed by atoms with van der Waals surface area (Å²) in [5.41, 5.74) is 17.1. The summed E-state index contributed by atoms with van der Waals surface area (Å²) in [5.74, 6) is 1.48. The van der Waals surface area contributed by atoms with Crippen molar-refractivity contribution in [1.29, 1.82) is 0 Å². The Labute approximate surface area is 175 Å². The summed E-state index contributed by atoms with van der Waals surface area (Å²) in [5, 5.41) is 1.88. The number of nitrogens with two attached hydrogens (primary N) is 2. The number of benzene rings is 2. The minimum absolute atomic E-state index is 0.154. The van der Waals surface area contributed by atoms with Crippen LogP contribution in [0.5, 0.6) is 5.75 Å². The minimum atomic E-state index is 0.154. The fourth-order valence-electron chi connectivity index (χ4n) is 4.05. The molecule has 0 radical (unpaired) electrons. The summed E-state index contributed by atoms with van der Waals surface area (Å²) in [7, 11) is 0. The van der Waals surface area contributed by atoms with Crippen LogP contribution in [-0.2, 0) is 9.67 Å². The number of aromatic nitrogens is 3. The van der Waals surface area contributed by atoms with Crippen molar-refractivity contribution in [2.24, 2.45) is 0 Å². The predicted octanol–water partition coefficient (Wildman–Crippen LogP) is 4.10. The minimum Gasteiger partial charge on any atom is -0.492 e. The maximum atomic E-state index is 6.16. The Morgan fingerprint density at radius 2 is 2.14 bits per heavy atom. The van der Waals surface area contributed by atoms with Crippen molar-refractivity contribution in [3.05, 3.63) is 47.7 Å². The van der Waals surface area contributed by atoms with Gasteiger partial charge in [0, 0.05) is 23.1 Å². The average Bonchev–Trinajstić information content (AvgIpc) is 3.26. The average molecular weight is 487 g/mol. The van der Waals surface area contributed by atoms with Crippen LogP contribution < -0.4 is 16.2 Å². The molecule has 1 aliphatic rings. The van der Waals surface area contributed by atoms with E-state index in [-0.39, 0.29) is 11.9 Å². The zero-order valence-corrected chi connectivity index (χ0v) is 17.3. The largest absolute Gasteiger partial charge is 0.492 e. The van der Waals surface area contributed by atoms with E-state index in [2.05, 4.69) is 45.9 Å². The van der Waals surface area contributed by atoms with Crippen LogP contribution in [0.4, 0.5) is 11.8 Å². The number of nitrogen functional groups attached to an aromatic ring is 2. The van der Waals surface area contributed by atoms with Crippen LogP contribution in [0, 0.1) is 0 Å². The first-order chi connectivity index (χ1) is 13.6. The maximum absolute atomic E-state index is 6.16. The molecule has 0 amide bonds. The van der Waals surface area contributed by atoms with Gasteiger partial charge in [-0.05, 0) is 23.8 Å². The van der Waals surface area contributed by atoms with Crippen LogP contribution in [0.2, 0.25) is 0 Å². The van der Waals surface area contributed by atoms with Gasteiger partial charge in [0.1, 0.15) is 34.6 Å². The molecule has 0 saturated heterocycles. The monoisotopic (exact) mass is 487 g/mol. The second kappa shape index (κ2) is 6.49. The molecule has 2 aromatic heterocycles. The van der Waals surface area contributed by atoms with Crippen LogP contribution in [0.25, 0.3) is 27.5 Å². The van der Waals surface area contributed by atoms with Crippen molar-refractivity contribution in [2.75, 3.05) is 18.1 Å². The Bertz CT molecular complexity index is 1240. The van der Waals surface area contributed by atoms with Gasteiger partial charge >= 0.3 is 0 Å². The van der Waals surface area contributed by atoms with Gasteiger partial charge in [-0.15, -0.1) is 0 Å². The molecule has 4 aromatic rings. The lowest BCUT2D eigenvalue weighted by molar-refractivity contribution is 0.340. The molecular weight excluding hydrogens is 469 g/mol. The van der Waals surface area contributed by atoms with E-state index in [1.807, 2.05) is 35.1 Å². The molecule has 1 aliphatic heterocycles. The summed E-state index contributed by atoms with van der Waals surface area (Å²) < 4.78 is 13.5. The molecule has 142 valence electrons. The Balaban J connectivity index is 1.84. The smallest absolute Gasteiger partial charge is 0.222 e. The zero-order valence-electron chi connectivity index (χ0n) is 15.1. The number of hydrogen-bond acceptors (Lipinski definition) is 6. The number of fused-ring (bicyclic) bond motifs is 4. The fourth-order valence-corrected chi connectivity index (χ4v) is 4.39. The van der Waals surface area contributed by atoms with Crippen molar-refractivity contribution in [2.45, 2.75) is 19.4 Å². The topological polar surface area (TPSA) is 101 Å².